The van der Waals surface area contributed by atoms with Gasteiger partial charge in [-0.25, -0.2) is 8.42 Å². The largest absolute Gasteiger partial charge is 0.481 e. The number of rotatable bonds is 4. The number of halogens is 1. The Morgan fingerprint density at radius 1 is 1.08 bits per heavy atom. The fourth-order valence-corrected chi connectivity index (χ4v) is 5.51. The van der Waals surface area contributed by atoms with E-state index in [2.05, 4.69) is 0 Å². The smallest absolute Gasteiger partial charge is 0.308 e. The molecule has 8 heteroatoms. The molecule has 1 aliphatic heterocycles. The third-order valence-corrected chi connectivity index (χ3v) is 7.01. The second kappa shape index (κ2) is 5.64. The van der Waals surface area contributed by atoms with Gasteiger partial charge in [0.2, 0.25) is 6.79 Å². The molecule has 4 rings (SSSR count). The van der Waals surface area contributed by atoms with E-state index in [-0.39, 0.29) is 11.7 Å². The molecule has 3 atom stereocenters. The van der Waals surface area contributed by atoms with Gasteiger partial charge in [-0.2, -0.15) is 0 Å². The first-order valence-electron chi connectivity index (χ1n) is 7.51. The van der Waals surface area contributed by atoms with Gasteiger partial charge in [0.05, 0.1) is 16.1 Å². The van der Waals surface area contributed by atoms with Gasteiger partial charge in [-0.15, -0.1) is 0 Å². The molecule has 0 amide bonds. The Labute approximate surface area is 148 Å². The monoisotopic (exact) mass is 380 g/mol. The van der Waals surface area contributed by atoms with Crippen LogP contribution >= 0.6 is 11.6 Å². The third-order valence-electron chi connectivity index (χ3n) is 4.52. The first-order chi connectivity index (χ1) is 11.9. The van der Waals surface area contributed by atoms with Crippen LogP contribution in [-0.4, -0.2) is 31.5 Å². The fourth-order valence-electron chi connectivity index (χ4n) is 3.26. The van der Waals surface area contributed by atoms with Gasteiger partial charge in [-0.05, 0) is 42.0 Å². The normalized spacial score (nSPS) is 24.1. The molecule has 0 spiro atoms. The number of ether oxygens (including phenoxy) is 2. The zero-order valence-corrected chi connectivity index (χ0v) is 14.3. The van der Waals surface area contributed by atoms with Crippen molar-refractivity contribution >= 4 is 27.4 Å². The quantitative estimate of drug-likeness (QED) is 0.877. The van der Waals surface area contributed by atoms with Gasteiger partial charge in [0.25, 0.3) is 0 Å². The summed E-state index contributed by atoms with van der Waals surface area (Å²) in [6.07, 6.45) is 0. The summed E-state index contributed by atoms with van der Waals surface area (Å²) in [5, 5.41) is 8.85. The Hall–Kier alpha value is -2.25. The number of sulfone groups is 1. The molecule has 1 heterocycles. The molecule has 2 aliphatic rings. The van der Waals surface area contributed by atoms with Crippen molar-refractivity contribution in [2.45, 2.75) is 16.1 Å². The lowest BCUT2D eigenvalue weighted by Gasteiger charge is -2.05. The molecule has 1 fully saturated rings. The van der Waals surface area contributed by atoms with Crippen molar-refractivity contribution in [3.05, 3.63) is 53.1 Å². The van der Waals surface area contributed by atoms with E-state index in [9.17, 15) is 18.3 Å². The molecule has 130 valence electrons. The average Bonchev–Trinajstić information content (AvgIpc) is 3.18. The summed E-state index contributed by atoms with van der Waals surface area (Å²) >= 11 is 5.80. The lowest BCUT2D eigenvalue weighted by Crippen LogP contribution is -2.13. The van der Waals surface area contributed by atoms with Crippen LogP contribution in [-0.2, 0) is 14.6 Å². The number of benzene rings is 2. The molecule has 0 saturated heterocycles. The lowest BCUT2D eigenvalue weighted by atomic mass is 10.1. The summed E-state index contributed by atoms with van der Waals surface area (Å²) in [4.78, 5) is 11.6. The number of fused-ring (bicyclic) bond motifs is 1. The zero-order chi connectivity index (χ0) is 17.8. The van der Waals surface area contributed by atoms with E-state index >= 15 is 0 Å². The van der Waals surface area contributed by atoms with Crippen molar-refractivity contribution in [3.63, 3.8) is 0 Å². The Morgan fingerprint density at radius 3 is 2.44 bits per heavy atom. The van der Waals surface area contributed by atoms with Crippen molar-refractivity contribution in [3.8, 4) is 11.5 Å². The second-order valence-corrected chi connectivity index (χ2v) is 8.51. The minimum absolute atomic E-state index is 0.0661. The van der Waals surface area contributed by atoms with E-state index in [1.165, 1.54) is 24.3 Å². The molecule has 6 nitrogen and oxygen atoms in total. The van der Waals surface area contributed by atoms with Crippen molar-refractivity contribution < 1.29 is 27.8 Å². The fraction of sp³-hybridized carbons (Fsp3) is 0.235. The molecule has 0 aromatic heterocycles. The molecule has 25 heavy (non-hydrogen) atoms. The molecule has 1 aliphatic carbocycles. The Morgan fingerprint density at radius 2 is 1.76 bits per heavy atom. The Kier molecular flexibility index (Phi) is 3.66. The predicted molar refractivity (Wildman–Crippen MR) is 88.9 cm³/mol. The SMILES string of the molecule is O=C(O)[C@@H]1[C@H](c2ccc3c(c2)OCO3)[C@@H]1S(=O)(=O)c1ccc(Cl)cc1. The van der Waals surface area contributed by atoms with Gasteiger partial charge in [-0.3, -0.25) is 4.79 Å². The molecule has 0 radical (unpaired) electrons. The average molecular weight is 381 g/mol. The molecule has 2 aromatic rings. The lowest BCUT2D eigenvalue weighted by molar-refractivity contribution is -0.138. The van der Waals surface area contributed by atoms with E-state index in [0.29, 0.717) is 22.1 Å². The maximum atomic E-state index is 12.9. The number of carboxylic acids is 1. The summed E-state index contributed by atoms with van der Waals surface area (Å²) in [5.74, 6) is -1.71. The molecule has 2 aromatic carbocycles. The second-order valence-electron chi connectivity index (χ2n) is 5.97. The highest BCUT2D eigenvalue weighted by Crippen LogP contribution is 2.55. The van der Waals surface area contributed by atoms with Gasteiger partial charge in [-0.1, -0.05) is 17.7 Å². The highest BCUT2D eigenvalue weighted by atomic mass is 35.5. The van der Waals surface area contributed by atoms with Gasteiger partial charge in [0.15, 0.2) is 21.3 Å². The van der Waals surface area contributed by atoms with Gasteiger partial charge >= 0.3 is 5.97 Å². The van der Waals surface area contributed by atoms with Crippen molar-refractivity contribution in [2.24, 2.45) is 5.92 Å². The summed E-state index contributed by atoms with van der Waals surface area (Å²) in [6, 6.07) is 10.7. The van der Waals surface area contributed by atoms with E-state index in [1.807, 2.05) is 0 Å². The van der Waals surface area contributed by atoms with Crippen molar-refractivity contribution in [1.29, 1.82) is 0 Å². The topological polar surface area (TPSA) is 89.9 Å². The molecular weight excluding hydrogens is 368 g/mol. The zero-order valence-electron chi connectivity index (χ0n) is 12.8. The first kappa shape index (κ1) is 16.2. The minimum Gasteiger partial charge on any atom is -0.481 e. The van der Waals surface area contributed by atoms with Crippen LogP contribution in [0.3, 0.4) is 0 Å². The molecule has 1 saturated carbocycles. The number of hydrogen-bond donors (Lipinski definition) is 1. The Balaban J connectivity index is 1.71. The van der Waals surface area contributed by atoms with Gasteiger partial charge in [0.1, 0.15) is 0 Å². The van der Waals surface area contributed by atoms with Crippen molar-refractivity contribution in [2.75, 3.05) is 6.79 Å². The van der Waals surface area contributed by atoms with Crippen LogP contribution < -0.4 is 9.47 Å². The predicted octanol–water partition coefficient (Wildman–Crippen LogP) is 2.71. The standard InChI is InChI=1S/C17H13ClO6S/c18-10-2-4-11(5-3-10)25(21,22)16-14(15(16)17(19)20)9-1-6-12-13(7-9)24-8-23-12/h1-7,14-16H,8H2,(H,19,20)/t14-,15+,16-/m0/s1. The van der Waals surface area contributed by atoms with E-state index in [0.717, 1.165) is 0 Å². The van der Waals surface area contributed by atoms with Crippen molar-refractivity contribution in [1.82, 2.24) is 0 Å². The number of aliphatic carboxylic acids is 1. The van der Waals surface area contributed by atoms with Crippen LogP contribution in [0.2, 0.25) is 5.02 Å². The molecule has 0 unspecified atom stereocenters. The number of hydrogen-bond acceptors (Lipinski definition) is 5. The first-order valence-corrected chi connectivity index (χ1v) is 9.44. The van der Waals surface area contributed by atoms with Crippen LogP contribution in [0.4, 0.5) is 0 Å². The van der Waals surface area contributed by atoms with Crippen LogP contribution in [0.1, 0.15) is 11.5 Å². The van der Waals surface area contributed by atoms with E-state index < -0.39 is 32.9 Å². The highest BCUT2D eigenvalue weighted by molar-refractivity contribution is 7.92. The van der Waals surface area contributed by atoms with Gasteiger partial charge in [0, 0.05) is 10.9 Å². The van der Waals surface area contributed by atoms with E-state index in [1.54, 1.807) is 18.2 Å². The van der Waals surface area contributed by atoms with Gasteiger partial charge < -0.3 is 14.6 Å². The van der Waals surface area contributed by atoms with Crippen LogP contribution in [0.15, 0.2) is 47.4 Å². The maximum absolute atomic E-state index is 12.9. The molecule has 1 N–H and O–H groups in total. The molecule has 0 bridgehead atoms. The number of carboxylic acid groups (broad SMARTS) is 1. The maximum Gasteiger partial charge on any atom is 0.308 e. The summed E-state index contributed by atoms with van der Waals surface area (Å²) in [6.45, 7) is 0.0955. The molecular formula is C17H13ClO6S. The van der Waals surface area contributed by atoms with E-state index in [4.69, 9.17) is 21.1 Å². The summed E-state index contributed by atoms with van der Waals surface area (Å²) in [7, 11) is -3.80. The van der Waals surface area contributed by atoms with Crippen LogP contribution in [0.25, 0.3) is 0 Å². The summed E-state index contributed by atoms with van der Waals surface area (Å²) in [5.41, 5.74) is 0.610. The Bertz CT molecular complexity index is 954. The number of carbonyl (C=O) groups is 1. The van der Waals surface area contributed by atoms with Crippen LogP contribution in [0.5, 0.6) is 11.5 Å². The summed E-state index contributed by atoms with van der Waals surface area (Å²) < 4.78 is 36.3. The van der Waals surface area contributed by atoms with Crippen LogP contribution in [0, 0.1) is 5.92 Å². The highest BCUT2D eigenvalue weighted by Gasteiger charge is 2.63. The minimum atomic E-state index is -3.80. The third kappa shape index (κ3) is 2.63.